The molecule has 0 saturated carbocycles. The number of nitrogens with zero attached hydrogens (tertiary/aromatic N) is 1. The molecule has 1 atom stereocenters. The molecule has 0 radical (unpaired) electrons. The van der Waals surface area contributed by atoms with E-state index >= 15 is 0 Å². The first-order valence-corrected chi connectivity index (χ1v) is 6.88. The van der Waals surface area contributed by atoms with Crippen molar-refractivity contribution in [2.45, 2.75) is 19.4 Å². The Morgan fingerprint density at radius 1 is 1.20 bits per heavy atom. The predicted molar refractivity (Wildman–Crippen MR) is 79.6 cm³/mol. The number of hydrogen-bond donors (Lipinski definition) is 1. The Kier molecular flexibility index (Phi) is 7.51. The minimum Gasteiger partial charge on any atom is -0.385 e. The van der Waals surface area contributed by atoms with E-state index in [-0.39, 0.29) is 11.9 Å². The maximum atomic E-state index is 14.0. The molecule has 0 saturated heterocycles. The summed E-state index contributed by atoms with van der Waals surface area (Å²) < 4.78 is 24.2. The first-order valence-electron chi connectivity index (χ1n) is 6.88. The van der Waals surface area contributed by atoms with Crippen LogP contribution in [0.15, 0.2) is 18.2 Å². The minimum absolute atomic E-state index is 0.258. The zero-order valence-electron chi connectivity index (χ0n) is 12.6. The van der Waals surface area contributed by atoms with Crippen molar-refractivity contribution < 1.29 is 13.9 Å². The van der Waals surface area contributed by atoms with Gasteiger partial charge < -0.3 is 20.1 Å². The van der Waals surface area contributed by atoms with E-state index in [1.54, 1.807) is 27.2 Å². The SMILES string of the molecule is COCCCN(CCOC)c1cccc(F)c1[C@H](C)N. The molecule has 0 aliphatic carbocycles. The number of hydrogen-bond acceptors (Lipinski definition) is 4. The van der Waals surface area contributed by atoms with Gasteiger partial charge in [0.2, 0.25) is 0 Å². The topological polar surface area (TPSA) is 47.7 Å². The monoisotopic (exact) mass is 284 g/mol. The van der Waals surface area contributed by atoms with Gasteiger partial charge in [0.1, 0.15) is 5.82 Å². The molecule has 5 heteroatoms. The Bertz CT molecular complexity index is 399. The second-order valence-corrected chi connectivity index (χ2v) is 4.79. The second kappa shape index (κ2) is 8.89. The van der Waals surface area contributed by atoms with Gasteiger partial charge in [-0.2, -0.15) is 0 Å². The maximum Gasteiger partial charge on any atom is 0.130 e. The third kappa shape index (κ3) is 4.74. The fourth-order valence-electron chi connectivity index (χ4n) is 2.21. The van der Waals surface area contributed by atoms with Gasteiger partial charge in [-0.1, -0.05) is 6.07 Å². The van der Waals surface area contributed by atoms with Crippen molar-refractivity contribution in [3.8, 4) is 0 Å². The Hall–Kier alpha value is -1.17. The first kappa shape index (κ1) is 16.9. The highest BCUT2D eigenvalue weighted by Gasteiger charge is 2.17. The normalized spacial score (nSPS) is 12.4. The lowest BCUT2D eigenvalue weighted by Gasteiger charge is -2.28. The number of benzene rings is 1. The van der Waals surface area contributed by atoms with E-state index in [1.807, 2.05) is 6.07 Å². The van der Waals surface area contributed by atoms with Crippen LogP contribution >= 0.6 is 0 Å². The molecule has 114 valence electrons. The molecule has 1 rings (SSSR count). The van der Waals surface area contributed by atoms with E-state index in [4.69, 9.17) is 15.2 Å². The molecule has 0 aliphatic heterocycles. The molecule has 0 fully saturated rings. The van der Waals surface area contributed by atoms with E-state index in [9.17, 15) is 4.39 Å². The van der Waals surface area contributed by atoms with Crippen molar-refractivity contribution in [1.29, 1.82) is 0 Å². The van der Waals surface area contributed by atoms with Crippen LogP contribution in [0.5, 0.6) is 0 Å². The zero-order valence-corrected chi connectivity index (χ0v) is 12.6. The lowest BCUT2D eigenvalue weighted by atomic mass is 10.0. The van der Waals surface area contributed by atoms with Gasteiger partial charge in [0.15, 0.2) is 0 Å². The van der Waals surface area contributed by atoms with Crippen molar-refractivity contribution in [3.05, 3.63) is 29.6 Å². The fraction of sp³-hybridized carbons (Fsp3) is 0.600. The summed E-state index contributed by atoms with van der Waals surface area (Å²) in [6.07, 6.45) is 0.870. The fourth-order valence-corrected chi connectivity index (χ4v) is 2.21. The average molecular weight is 284 g/mol. The van der Waals surface area contributed by atoms with E-state index in [0.717, 1.165) is 18.7 Å². The largest absolute Gasteiger partial charge is 0.385 e. The number of rotatable bonds is 9. The summed E-state index contributed by atoms with van der Waals surface area (Å²) in [6, 6.07) is 4.72. The van der Waals surface area contributed by atoms with Gasteiger partial charge in [-0.15, -0.1) is 0 Å². The molecule has 0 heterocycles. The minimum atomic E-state index is -0.348. The average Bonchev–Trinajstić information content (AvgIpc) is 2.42. The first-order chi connectivity index (χ1) is 9.61. The van der Waals surface area contributed by atoms with Crippen molar-refractivity contribution in [1.82, 2.24) is 0 Å². The Morgan fingerprint density at radius 2 is 1.90 bits per heavy atom. The van der Waals surface area contributed by atoms with Gasteiger partial charge in [0.05, 0.1) is 6.61 Å². The van der Waals surface area contributed by atoms with Gasteiger partial charge in [0.25, 0.3) is 0 Å². The molecule has 0 spiro atoms. The van der Waals surface area contributed by atoms with Gasteiger partial charge in [-0.05, 0) is 25.5 Å². The van der Waals surface area contributed by atoms with Crippen LogP contribution in [0.1, 0.15) is 24.9 Å². The second-order valence-electron chi connectivity index (χ2n) is 4.79. The quantitative estimate of drug-likeness (QED) is 0.707. The van der Waals surface area contributed by atoms with Crippen molar-refractivity contribution >= 4 is 5.69 Å². The van der Waals surface area contributed by atoms with Crippen LogP contribution in [-0.4, -0.2) is 40.5 Å². The van der Waals surface area contributed by atoms with Gasteiger partial charge in [-0.25, -0.2) is 4.39 Å². The lowest BCUT2D eigenvalue weighted by molar-refractivity contribution is 0.191. The van der Waals surface area contributed by atoms with Crippen LogP contribution in [0, 0.1) is 5.82 Å². The molecule has 0 unspecified atom stereocenters. The number of halogens is 1. The highest BCUT2D eigenvalue weighted by atomic mass is 19.1. The Morgan fingerprint density at radius 3 is 2.50 bits per heavy atom. The number of nitrogens with two attached hydrogens (primary N) is 1. The Balaban J connectivity index is 2.96. The summed E-state index contributed by atoms with van der Waals surface area (Å²) in [6.45, 7) is 4.53. The van der Waals surface area contributed by atoms with Crippen LogP contribution in [0.2, 0.25) is 0 Å². The molecule has 20 heavy (non-hydrogen) atoms. The van der Waals surface area contributed by atoms with Gasteiger partial charge in [0, 0.05) is 51.2 Å². The van der Waals surface area contributed by atoms with E-state index in [1.165, 1.54) is 6.07 Å². The predicted octanol–water partition coefficient (Wildman–Crippen LogP) is 2.33. The third-order valence-corrected chi connectivity index (χ3v) is 3.17. The molecule has 0 bridgehead atoms. The van der Waals surface area contributed by atoms with E-state index < -0.39 is 0 Å². The molecule has 1 aromatic rings. The summed E-state index contributed by atoms with van der Waals surface area (Å²) in [5.41, 5.74) is 7.31. The smallest absolute Gasteiger partial charge is 0.130 e. The van der Waals surface area contributed by atoms with Crippen LogP contribution in [0.25, 0.3) is 0 Å². The van der Waals surface area contributed by atoms with Crippen molar-refractivity contribution in [2.24, 2.45) is 5.73 Å². The lowest BCUT2D eigenvalue weighted by Crippen LogP contribution is -2.31. The van der Waals surface area contributed by atoms with Gasteiger partial charge >= 0.3 is 0 Å². The summed E-state index contributed by atoms with van der Waals surface area (Å²) in [5, 5.41) is 0. The summed E-state index contributed by atoms with van der Waals surface area (Å²) in [7, 11) is 3.33. The standard InChI is InChI=1S/C15H25FN2O2/c1-12(17)15-13(16)6-4-7-14(15)18(9-11-20-3)8-5-10-19-2/h4,6-7,12H,5,8-11,17H2,1-3H3/t12-/m0/s1. The highest BCUT2D eigenvalue weighted by molar-refractivity contribution is 5.55. The third-order valence-electron chi connectivity index (χ3n) is 3.17. The molecular formula is C15H25FN2O2. The molecule has 2 N–H and O–H groups in total. The maximum absolute atomic E-state index is 14.0. The van der Waals surface area contributed by atoms with Crippen molar-refractivity contribution in [3.63, 3.8) is 0 Å². The number of anilines is 1. The molecule has 0 aromatic heterocycles. The van der Waals surface area contributed by atoms with Crippen LogP contribution in [0.3, 0.4) is 0 Å². The van der Waals surface area contributed by atoms with E-state index in [2.05, 4.69) is 4.90 Å². The number of methoxy groups -OCH3 is 2. The molecule has 1 aromatic carbocycles. The molecule has 0 amide bonds. The van der Waals surface area contributed by atoms with Crippen molar-refractivity contribution in [2.75, 3.05) is 45.4 Å². The number of ether oxygens (including phenoxy) is 2. The summed E-state index contributed by atoms with van der Waals surface area (Å²) in [4.78, 5) is 2.10. The van der Waals surface area contributed by atoms with Crippen LogP contribution < -0.4 is 10.6 Å². The Labute approximate surface area is 120 Å². The summed E-state index contributed by atoms with van der Waals surface area (Å²) in [5.74, 6) is -0.258. The molecular weight excluding hydrogens is 259 g/mol. The van der Waals surface area contributed by atoms with Gasteiger partial charge in [-0.3, -0.25) is 0 Å². The van der Waals surface area contributed by atoms with E-state index in [0.29, 0.717) is 25.3 Å². The van der Waals surface area contributed by atoms with Crippen LogP contribution in [0.4, 0.5) is 10.1 Å². The van der Waals surface area contributed by atoms with Crippen LogP contribution in [-0.2, 0) is 9.47 Å². The summed E-state index contributed by atoms with van der Waals surface area (Å²) >= 11 is 0. The molecule has 4 nitrogen and oxygen atoms in total. The highest BCUT2D eigenvalue weighted by Crippen LogP contribution is 2.28. The molecule has 0 aliphatic rings. The zero-order chi connectivity index (χ0) is 15.0.